The fourth-order valence-electron chi connectivity index (χ4n) is 3.50. The summed E-state index contributed by atoms with van der Waals surface area (Å²) in [6, 6.07) is 14.5. The minimum absolute atomic E-state index is 0.0651. The van der Waals surface area contributed by atoms with E-state index in [0.29, 0.717) is 11.3 Å². The number of hydrogen-bond acceptors (Lipinski definition) is 6. The van der Waals surface area contributed by atoms with Crippen LogP contribution in [-0.2, 0) is 19.2 Å². The summed E-state index contributed by atoms with van der Waals surface area (Å²) in [7, 11) is -5.66. The first kappa shape index (κ1) is 28.2. The van der Waals surface area contributed by atoms with Crippen molar-refractivity contribution in [3.05, 3.63) is 52.5 Å². The zero-order valence-electron chi connectivity index (χ0n) is 19.9. The van der Waals surface area contributed by atoms with Gasteiger partial charge in [-0.15, -0.1) is 0 Å². The summed E-state index contributed by atoms with van der Waals surface area (Å²) >= 11 is 3.36. The molecule has 3 N–H and O–H groups in total. The summed E-state index contributed by atoms with van der Waals surface area (Å²) in [6.45, 7) is 6.35. The number of carbonyl (C=O) groups is 1. The Hall–Kier alpha value is -2.08. The number of hydrogen-bond donors (Lipinski definition) is 3. The normalized spacial score (nSPS) is 12.7. The topological polar surface area (TPSA) is 114 Å². The Labute approximate surface area is 211 Å². The van der Waals surface area contributed by atoms with Gasteiger partial charge in [0, 0.05) is 11.0 Å². The lowest BCUT2D eigenvalue weighted by molar-refractivity contribution is -0.123. The summed E-state index contributed by atoms with van der Waals surface area (Å²) in [6.07, 6.45) is 0.505. The summed E-state index contributed by atoms with van der Waals surface area (Å²) in [5.74, 6) is 0.0851. The molecule has 0 spiro atoms. The molecular formula is C23H33BrN2O6SSi. The van der Waals surface area contributed by atoms with Crippen molar-refractivity contribution in [1.29, 1.82) is 0 Å². The zero-order valence-corrected chi connectivity index (χ0v) is 23.3. The van der Waals surface area contributed by atoms with Gasteiger partial charge in [0.05, 0.1) is 18.0 Å². The summed E-state index contributed by atoms with van der Waals surface area (Å²) in [5, 5.41) is 13.0. The minimum atomic E-state index is -3.58. The van der Waals surface area contributed by atoms with Gasteiger partial charge in [-0.2, -0.15) is 0 Å². The molecular weight excluding hydrogens is 540 g/mol. The van der Waals surface area contributed by atoms with Crippen molar-refractivity contribution < 1.29 is 27.5 Å². The van der Waals surface area contributed by atoms with Gasteiger partial charge in [-0.25, -0.2) is 8.42 Å². The van der Waals surface area contributed by atoms with E-state index in [1.165, 1.54) is 6.07 Å². The molecule has 0 aliphatic carbocycles. The number of carbonyl (C=O) groups excluding carboxylic acids is 1. The smallest absolute Gasteiger partial charge is 0.258 e. The number of benzene rings is 2. The van der Waals surface area contributed by atoms with Gasteiger partial charge in [0.25, 0.3) is 5.91 Å². The quantitative estimate of drug-likeness (QED) is 0.235. The molecule has 2 rings (SSSR count). The Balaban J connectivity index is 2.20. The third kappa shape index (κ3) is 8.61. The second kappa shape index (κ2) is 12.6. The van der Waals surface area contributed by atoms with Gasteiger partial charge < -0.3 is 19.6 Å². The van der Waals surface area contributed by atoms with Gasteiger partial charge >= 0.3 is 0 Å². The first-order valence-electron chi connectivity index (χ1n) is 11.1. The van der Waals surface area contributed by atoms with Gasteiger partial charge in [-0.05, 0) is 60.1 Å². The average Bonchev–Trinajstić information content (AvgIpc) is 2.80. The molecule has 0 heterocycles. The van der Waals surface area contributed by atoms with Crippen LogP contribution in [0.3, 0.4) is 0 Å². The van der Waals surface area contributed by atoms with Crippen molar-refractivity contribution in [1.82, 2.24) is 5.32 Å². The highest BCUT2D eigenvalue weighted by Crippen LogP contribution is 2.33. The highest BCUT2D eigenvalue weighted by Gasteiger charge is 2.33. The van der Waals surface area contributed by atoms with Gasteiger partial charge in [0.1, 0.15) is 11.5 Å². The maximum Gasteiger partial charge on any atom is 0.258 e. The number of halogens is 1. The van der Waals surface area contributed by atoms with Crippen molar-refractivity contribution in [3.63, 3.8) is 0 Å². The fraction of sp³-hybridized carbons (Fsp3) is 0.435. The van der Waals surface area contributed by atoms with Gasteiger partial charge in [0.2, 0.25) is 10.0 Å². The Morgan fingerprint density at radius 1 is 1.09 bits per heavy atom. The van der Waals surface area contributed by atoms with Crippen molar-refractivity contribution >= 4 is 45.9 Å². The van der Waals surface area contributed by atoms with Gasteiger partial charge in [0.15, 0.2) is 14.9 Å². The Bertz CT molecular complexity index is 1050. The highest BCUT2D eigenvalue weighted by molar-refractivity contribution is 9.10. The van der Waals surface area contributed by atoms with Crippen LogP contribution in [0.4, 0.5) is 5.69 Å². The number of phenolic OH excluding ortho intramolecular Hbond substituents is 1. The first-order chi connectivity index (χ1) is 16.0. The molecule has 0 aromatic heterocycles. The van der Waals surface area contributed by atoms with Gasteiger partial charge in [-0.3, -0.25) is 9.52 Å². The maximum atomic E-state index is 12.5. The SMILES string of the molecule is CC[Si](CC)(CC)O[C@H](CNC(=O)COc1ccc(Br)cc1)c1ccc(O)c(NS(C)(=O)=O)c1. The van der Waals surface area contributed by atoms with Crippen LogP contribution in [0.15, 0.2) is 46.9 Å². The van der Waals surface area contributed by atoms with E-state index in [1.807, 2.05) is 12.1 Å². The lowest BCUT2D eigenvalue weighted by Gasteiger charge is -2.34. The molecule has 0 saturated carbocycles. The maximum absolute atomic E-state index is 12.5. The van der Waals surface area contributed by atoms with E-state index in [0.717, 1.165) is 28.9 Å². The molecule has 0 unspecified atom stereocenters. The third-order valence-corrected chi connectivity index (χ3v) is 11.5. The molecule has 0 fully saturated rings. The van der Waals surface area contributed by atoms with E-state index in [2.05, 4.69) is 46.7 Å². The van der Waals surface area contributed by atoms with E-state index in [4.69, 9.17) is 9.16 Å². The predicted octanol–water partition coefficient (Wildman–Crippen LogP) is 4.78. The summed E-state index contributed by atoms with van der Waals surface area (Å²) in [5.41, 5.74) is 0.723. The molecule has 0 bridgehead atoms. The third-order valence-electron chi connectivity index (χ3n) is 5.68. The summed E-state index contributed by atoms with van der Waals surface area (Å²) in [4.78, 5) is 12.5. The molecule has 0 radical (unpaired) electrons. The second-order valence-corrected chi connectivity index (χ2v) is 15.4. The number of amides is 1. The van der Waals surface area contributed by atoms with E-state index in [9.17, 15) is 18.3 Å². The second-order valence-electron chi connectivity index (χ2n) is 8.05. The molecule has 11 heteroatoms. The van der Waals surface area contributed by atoms with Crippen molar-refractivity contribution in [2.45, 2.75) is 45.0 Å². The molecule has 0 saturated heterocycles. The fourth-order valence-corrected chi connectivity index (χ4v) is 7.15. The number of ether oxygens (including phenoxy) is 1. The number of sulfonamides is 1. The Kier molecular flexibility index (Phi) is 10.4. The molecule has 0 aliphatic rings. The van der Waals surface area contributed by atoms with E-state index in [-0.39, 0.29) is 30.5 Å². The van der Waals surface area contributed by atoms with Crippen LogP contribution in [0.1, 0.15) is 32.4 Å². The van der Waals surface area contributed by atoms with Crippen LogP contribution in [0.5, 0.6) is 11.5 Å². The van der Waals surface area contributed by atoms with Crippen molar-refractivity contribution in [2.75, 3.05) is 24.1 Å². The van der Waals surface area contributed by atoms with E-state index < -0.39 is 24.4 Å². The highest BCUT2D eigenvalue weighted by atomic mass is 79.9. The zero-order chi connectivity index (χ0) is 25.4. The number of anilines is 1. The van der Waals surface area contributed by atoms with Gasteiger partial charge in [-0.1, -0.05) is 42.8 Å². The number of aromatic hydroxyl groups is 1. The minimum Gasteiger partial charge on any atom is -0.506 e. The average molecular weight is 574 g/mol. The van der Waals surface area contributed by atoms with Crippen molar-refractivity contribution in [2.24, 2.45) is 0 Å². The Morgan fingerprint density at radius 2 is 1.71 bits per heavy atom. The van der Waals surface area contributed by atoms with Crippen molar-refractivity contribution in [3.8, 4) is 11.5 Å². The van der Waals surface area contributed by atoms with E-state index in [1.54, 1.807) is 24.3 Å². The lowest BCUT2D eigenvalue weighted by Crippen LogP contribution is -2.41. The number of phenols is 1. The molecule has 8 nitrogen and oxygen atoms in total. The molecule has 1 amide bonds. The van der Waals surface area contributed by atoms with Crippen LogP contribution in [0.2, 0.25) is 18.1 Å². The van der Waals surface area contributed by atoms with Crippen LogP contribution in [0.25, 0.3) is 0 Å². The monoisotopic (exact) mass is 572 g/mol. The van der Waals surface area contributed by atoms with Crippen LogP contribution >= 0.6 is 15.9 Å². The summed E-state index contributed by atoms with van der Waals surface area (Å²) < 4.78 is 38.8. The molecule has 1 atom stereocenters. The standard InChI is InChI=1S/C23H33BrN2O6SSi/c1-5-34(6-2,7-3)32-22(17-8-13-21(27)20(14-17)26-33(4,29)30)15-25-23(28)16-31-19-11-9-18(24)10-12-19/h8-14,22,26-27H,5-7,15-16H2,1-4H3,(H,25,28)/t22-/m1/s1. The number of rotatable bonds is 13. The largest absolute Gasteiger partial charge is 0.506 e. The lowest BCUT2D eigenvalue weighted by atomic mass is 10.1. The van der Waals surface area contributed by atoms with Crippen LogP contribution in [0, 0.1) is 0 Å². The first-order valence-corrected chi connectivity index (χ1v) is 16.4. The molecule has 2 aromatic rings. The number of nitrogens with one attached hydrogen (secondary N) is 2. The molecule has 34 heavy (non-hydrogen) atoms. The Morgan fingerprint density at radius 3 is 2.26 bits per heavy atom. The van der Waals surface area contributed by atoms with Crippen LogP contribution in [-0.4, -0.2) is 47.2 Å². The molecule has 188 valence electrons. The van der Waals surface area contributed by atoms with E-state index >= 15 is 0 Å². The van der Waals surface area contributed by atoms with Crippen LogP contribution < -0.4 is 14.8 Å². The predicted molar refractivity (Wildman–Crippen MR) is 140 cm³/mol. The molecule has 2 aromatic carbocycles. The molecule has 0 aliphatic heterocycles.